The summed E-state index contributed by atoms with van der Waals surface area (Å²) in [6, 6.07) is 8.90. The molecule has 1 aromatic heterocycles. The highest BCUT2D eigenvalue weighted by Gasteiger charge is 2.47. The van der Waals surface area contributed by atoms with E-state index in [-0.39, 0.29) is 17.9 Å². The van der Waals surface area contributed by atoms with Gasteiger partial charge >= 0.3 is 0 Å². The quantitative estimate of drug-likeness (QED) is 0.885. The van der Waals surface area contributed by atoms with E-state index in [1.807, 2.05) is 4.90 Å². The van der Waals surface area contributed by atoms with Crippen LogP contribution in [0.1, 0.15) is 22.7 Å². The van der Waals surface area contributed by atoms with Gasteiger partial charge in [0.25, 0.3) is 5.56 Å². The second-order valence-electron chi connectivity index (χ2n) is 7.41. The number of H-pyrrole nitrogens is 2. The fraction of sp³-hybridized carbons (Fsp3) is 0.474. The number of hydrogen-bond donors (Lipinski definition) is 2. The largest absolute Gasteiger partial charge is 0.342 e. The summed E-state index contributed by atoms with van der Waals surface area (Å²) in [5.74, 6) is 1.01. The van der Waals surface area contributed by atoms with Gasteiger partial charge in [0.05, 0.1) is 6.42 Å². The second kappa shape index (κ2) is 6.19. The number of nitrogens with one attached hydrogen (secondary N) is 2. The molecule has 132 valence electrons. The van der Waals surface area contributed by atoms with Gasteiger partial charge in [-0.25, -0.2) is 0 Å². The molecule has 6 heteroatoms. The molecule has 1 amide bonds. The minimum atomic E-state index is -0.203. The molecule has 0 aliphatic carbocycles. The number of fused-ring (bicyclic) bond motifs is 1. The highest BCUT2D eigenvalue weighted by atomic mass is 16.2. The number of likely N-dealkylation sites (tertiary alicyclic amines) is 2. The Morgan fingerprint density at radius 3 is 2.76 bits per heavy atom. The number of rotatable bonds is 3. The zero-order chi connectivity index (χ0) is 17.6. The SMILES string of the molecule is Cc1ccccc1[C@H]1[C@@H]2CN(C(=O)Cc3c[nH][nH]c3=O)C[C@@H]2CN1C. The number of carbonyl (C=O) groups excluding carboxylic acids is 1. The van der Waals surface area contributed by atoms with E-state index >= 15 is 0 Å². The number of carbonyl (C=O) groups is 1. The van der Waals surface area contributed by atoms with Gasteiger partial charge in [0.15, 0.2) is 0 Å². The van der Waals surface area contributed by atoms with E-state index in [4.69, 9.17) is 0 Å². The van der Waals surface area contributed by atoms with Crippen LogP contribution in [0.5, 0.6) is 0 Å². The van der Waals surface area contributed by atoms with Crippen LogP contribution in [-0.2, 0) is 11.2 Å². The molecule has 2 aliphatic heterocycles. The maximum absolute atomic E-state index is 12.6. The molecule has 0 bridgehead atoms. The molecule has 4 rings (SSSR count). The number of aryl methyl sites for hydroxylation is 1. The highest BCUT2D eigenvalue weighted by molar-refractivity contribution is 5.79. The van der Waals surface area contributed by atoms with E-state index in [1.54, 1.807) is 6.20 Å². The Balaban J connectivity index is 1.51. The Hall–Kier alpha value is -2.34. The monoisotopic (exact) mass is 340 g/mol. The fourth-order valence-corrected chi connectivity index (χ4v) is 4.59. The molecule has 25 heavy (non-hydrogen) atoms. The molecular formula is C19H24N4O2. The Labute approximate surface area is 146 Å². The summed E-state index contributed by atoms with van der Waals surface area (Å²) in [7, 11) is 2.18. The van der Waals surface area contributed by atoms with Crippen molar-refractivity contribution in [2.45, 2.75) is 19.4 Å². The molecule has 2 aromatic rings. The van der Waals surface area contributed by atoms with Crippen LogP contribution in [0.4, 0.5) is 0 Å². The fourth-order valence-electron chi connectivity index (χ4n) is 4.59. The minimum Gasteiger partial charge on any atom is -0.342 e. The molecule has 0 unspecified atom stereocenters. The third-order valence-electron chi connectivity index (χ3n) is 5.82. The molecule has 3 atom stereocenters. The third-order valence-corrected chi connectivity index (χ3v) is 5.82. The van der Waals surface area contributed by atoms with Crippen molar-refractivity contribution in [2.24, 2.45) is 11.8 Å². The van der Waals surface area contributed by atoms with Crippen LogP contribution in [0.2, 0.25) is 0 Å². The zero-order valence-electron chi connectivity index (χ0n) is 14.7. The number of benzene rings is 1. The normalized spacial score (nSPS) is 26.2. The number of nitrogens with zero attached hydrogens (tertiary/aromatic N) is 2. The molecule has 2 saturated heterocycles. The van der Waals surface area contributed by atoms with Gasteiger partial charge in [-0.15, -0.1) is 0 Å². The molecule has 0 radical (unpaired) electrons. The van der Waals surface area contributed by atoms with Gasteiger partial charge in [0.1, 0.15) is 0 Å². The summed E-state index contributed by atoms with van der Waals surface area (Å²) in [5, 5.41) is 5.15. The standard InChI is InChI=1S/C19H24N4O2/c1-12-5-3-4-6-15(12)18-16-11-23(10-14(16)9-22(18)2)17(24)7-13-8-20-21-19(13)25/h3-6,8,14,16,18H,7,9-11H2,1-2H3,(H2,20,21,25)/t14-,16+,18-/m0/s1. The molecule has 0 spiro atoms. The molecule has 0 saturated carbocycles. The first kappa shape index (κ1) is 16.1. The summed E-state index contributed by atoms with van der Waals surface area (Å²) in [5.41, 5.74) is 2.98. The van der Waals surface area contributed by atoms with Crippen molar-refractivity contribution in [2.75, 3.05) is 26.7 Å². The lowest BCUT2D eigenvalue weighted by Gasteiger charge is -2.28. The van der Waals surface area contributed by atoms with Crippen LogP contribution in [-0.4, -0.2) is 52.6 Å². The van der Waals surface area contributed by atoms with Crippen LogP contribution in [0.15, 0.2) is 35.3 Å². The predicted octanol–water partition coefficient (Wildman–Crippen LogP) is 1.32. The lowest BCUT2D eigenvalue weighted by atomic mass is 9.88. The Morgan fingerprint density at radius 2 is 2.04 bits per heavy atom. The van der Waals surface area contributed by atoms with Crippen molar-refractivity contribution in [3.05, 3.63) is 57.5 Å². The van der Waals surface area contributed by atoms with Gasteiger partial charge in [0, 0.05) is 43.4 Å². The van der Waals surface area contributed by atoms with E-state index in [2.05, 4.69) is 53.3 Å². The average Bonchev–Trinajstić information content (AvgIpc) is 3.23. The van der Waals surface area contributed by atoms with Crippen LogP contribution in [0.3, 0.4) is 0 Å². The predicted molar refractivity (Wildman–Crippen MR) is 95.2 cm³/mol. The molecule has 1 aromatic carbocycles. The van der Waals surface area contributed by atoms with Crippen molar-refractivity contribution < 1.29 is 4.79 Å². The average molecular weight is 340 g/mol. The first-order valence-corrected chi connectivity index (χ1v) is 8.83. The number of aromatic amines is 2. The van der Waals surface area contributed by atoms with E-state index in [9.17, 15) is 9.59 Å². The number of hydrogen-bond acceptors (Lipinski definition) is 3. The van der Waals surface area contributed by atoms with E-state index < -0.39 is 0 Å². The Kier molecular flexibility index (Phi) is 4.00. The topological polar surface area (TPSA) is 72.2 Å². The van der Waals surface area contributed by atoms with Crippen LogP contribution in [0, 0.1) is 18.8 Å². The van der Waals surface area contributed by atoms with Gasteiger partial charge < -0.3 is 10.00 Å². The summed E-state index contributed by atoms with van der Waals surface area (Å²) < 4.78 is 0. The van der Waals surface area contributed by atoms with Gasteiger partial charge in [-0.3, -0.25) is 19.6 Å². The molecule has 3 heterocycles. The Morgan fingerprint density at radius 1 is 1.24 bits per heavy atom. The van der Waals surface area contributed by atoms with Crippen molar-refractivity contribution in [1.29, 1.82) is 0 Å². The van der Waals surface area contributed by atoms with Crippen molar-refractivity contribution in [3.63, 3.8) is 0 Å². The van der Waals surface area contributed by atoms with Gasteiger partial charge in [-0.1, -0.05) is 24.3 Å². The first-order chi connectivity index (χ1) is 12.0. The van der Waals surface area contributed by atoms with Gasteiger partial charge in [-0.2, -0.15) is 0 Å². The highest BCUT2D eigenvalue weighted by Crippen LogP contribution is 2.44. The summed E-state index contributed by atoms with van der Waals surface area (Å²) in [6.07, 6.45) is 1.75. The zero-order valence-corrected chi connectivity index (χ0v) is 14.7. The van der Waals surface area contributed by atoms with E-state index in [0.29, 0.717) is 23.4 Å². The van der Waals surface area contributed by atoms with E-state index in [0.717, 1.165) is 19.6 Å². The summed E-state index contributed by atoms with van der Waals surface area (Å²) in [4.78, 5) is 28.6. The molecule has 2 fully saturated rings. The lowest BCUT2D eigenvalue weighted by molar-refractivity contribution is -0.129. The third kappa shape index (κ3) is 2.80. The van der Waals surface area contributed by atoms with Crippen LogP contribution in [0.25, 0.3) is 0 Å². The Bertz CT molecular complexity index is 840. The van der Waals surface area contributed by atoms with Crippen LogP contribution >= 0.6 is 0 Å². The van der Waals surface area contributed by atoms with Crippen molar-refractivity contribution in [3.8, 4) is 0 Å². The summed E-state index contributed by atoms with van der Waals surface area (Å²) >= 11 is 0. The van der Waals surface area contributed by atoms with Crippen LogP contribution < -0.4 is 5.56 Å². The maximum Gasteiger partial charge on any atom is 0.267 e. The minimum absolute atomic E-state index is 0.0469. The van der Waals surface area contributed by atoms with Crippen molar-refractivity contribution >= 4 is 5.91 Å². The molecule has 6 nitrogen and oxygen atoms in total. The maximum atomic E-state index is 12.6. The molecule has 2 aliphatic rings. The smallest absolute Gasteiger partial charge is 0.267 e. The van der Waals surface area contributed by atoms with Gasteiger partial charge in [0.2, 0.25) is 5.91 Å². The lowest BCUT2D eigenvalue weighted by Crippen LogP contribution is -2.35. The summed E-state index contributed by atoms with van der Waals surface area (Å²) in [6.45, 7) is 4.73. The molecular weight excluding hydrogens is 316 g/mol. The van der Waals surface area contributed by atoms with Gasteiger partial charge in [-0.05, 0) is 31.0 Å². The number of aromatic nitrogens is 2. The second-order valence-corrected chi connectivity index (χ2v) is 7.41. The molecule has 2 N–H and O–H groups in total. The van der Waals surface area contributed by atoms with E-state index in [1.165, 1.54) is 11.1 Å². The van der Waals surface area contributed by atoms with Crippen molar-refractivity contribution in [1.82, 2.24) is 20.0 Å². The first-order valence-electron chi connectivity index (χ1n) is 8.83. The number of amides is 1.